The molecular formula is C25H26BF3KNO. The topological polar surface area (TPSA) is 21.3 Å². The quantitative estimate of drug-likeness (QED) is 0.300. The summed E-state index contributed by atoms with van der Waals surface area (Å²) in [4.78, 5) is 0. The average molecular weight is 463 g/mol. The van der Waals surface area contributed by atoms with E-state index in [9.17, 15) is 12.9 Å². The van der Waals surface area contributed by atoms with Gasteiger partial charge in [-0.15, -0.1) is 5.46 Å². The van der Waals surface area contributed by atoms with Crippen molar-refractivity contribution in [3.8, 4) is 5.75 Å². The van der Waals surface area contributed by atoms with Crippen LogP contribution in [0.15, 0.2) is 78.9 Å². The minimum atomic E-state index is -5.02. The van der Waals surface area contributed by atoms with E-state index in [0.717, 1.165) is 46.6 Å². The zero-order valence-electron chi connectivity index (χ0n) is 18.7. The van der Waals surface area contributed by atoms with E-state index in [1.54, 1.807) is 12.1 Å². The van der Waals surface area contributed by atoms with Crippen LogP contribution in [0.2, 0.25) is 0 Å². The third-order valence-electron chi connectivity index (χ3n) is 5.12. The first kappa shape index (κ1) is 26.9. The Labute approximate surface area is 230 Å². The summed E-state index contributed by atoms with van der Waals surface area (Å²) < 4.78 is 45.1. The molecule has 32 heavy (non-hydrogen) atoms. The number of rotatable bonds is 9. The number of ether oxygens (including phenoxy) is 1. The molecule has 0 bridgehead atoms. The van der Waals surface area contributed by atoms with Crippen LogP contribution in [0.4, 0.5) is 12.9 Å². The Bertz CT molecular complexity index is 1000. The van der Waals surface area contributed by atoms with Crippen LogP contribution in [0.25, 0.3) is 11.1 Å². The second-order valence-corrected chi connectivity index (χ2v) is 7.25. The Balaban J connectivity index is 0.00000363. The van der Waals surface area contributed by atoms with Gasteiger partial charge in [0.05, 0.1) is 0 Å². The number of hydrogen-bond donors (Lipinski definition) is 1. The van der Waals surface area contributed by atoms with Gasteiger partial charge in [0.1, 0.15) is 12.4 Å². The van der Waals surface area contributed by atoms with Crippen LogP contribution in [0.1, 0.15) is 30.0 Å². The second kappa shape index (κ2) is 12.8. The summed E-state index contributed by atoms with van der Waals surface area (Å²) in [6.07, 6.45) is 0.741. The molecule has 0 fully saturated rings. The summed E-state index contributed by atoms with van der Waals surface area (Å²) in [5, 5.41) is 3.03. The number of benzene rings is 3. The molecule has 3 aromatic carbocycles. The van der Waals surface area contributed by atoms with E-state index in [-0.39, 0.29) is 51.4 Å². The number of likely N-dealkylation sites (N-methyl/N-ethyl adjacent to an activating group) is 1. The van der Waals surface area contributed by atoms with Gasteiger partial charge in [-0.25, -0.2) is 0 Å². The first-order valence-electron chi connectivity index (χ1n) is 10.4. The molecule has 1 N–H and O–H groups in total. The smallest absolute Gasteiger partial charge is 0.492 e. The molecule has 0 saturated heterocycles. The molecule has 162 valence electrons. The van der Waals surface area contributed by atoms with Gasteiger partial charge in [0, 0.05) is 6.54 Å². The maximum absolute atomic E-state index is 13.1. The first-order valence-corrected chi connectivity index (χ1v) is 10.4. The SMILES string of the molecule is CCC(=C(c1ccc(OCCNC)cc1)c1ccc([B-](F)(F)F)cc1)c1ccccc1.[K+]. The molecule has 7 heteroatoms. The number of allylic oxidation sites excluding steroid dienone is 1. The van der Waals surface area contributed by atoms with Gasteiger partial charge >= 0.3 is 58.4 Å². The van der Waals surface area contributed by atoms with E-state index in [1.165, 1.54) is 12.1 Å². The van der Waals surface area contributed by atoms with Crippen molar-refractivity contribution in [2.45, 2.75) is 13.3 Å². The molecule has 3 rings (SSSR count). The van der Waals surface area contributed by atoms with Crippen molar-refractivity contribution in [1.82, 2.24) is 5.32 Å². The molecule has 0 aliphatic carbocycles. The van der Waals surface area contributed by atoms with E-state index in [1.807, 2.05) is 61.6 Å². The van der Waals surface area contributed by atoms with Crippen molar-refractivity contribution in [3.05, 3.63) is 95.6 Å². The van der Waals surface area contributed by atoms with Crippen molar-refractivity contribution in [2.24, 2.45) is 0 Å². The molecule has 0 atom stereocenters. The van der Waals surface area contributed by atoms with Gasteiger partial charge in [0.15, 0.2) is 0 Å². The normalized spacial score (nSPS) is 12.0. The largest absolute Gasteiger partial charge is 1.00 e. The van der Waals surface area contributed by atoms with Crippen molar-refractivity contribution in [1.29, 1.82) is 0 Å². The van der Waals surface area contributed by atoms with Gasteiger partial charge in [0.2, 0.25) is 0 Å². The third-order valence-corrected chi connectivity index (χ3v) is 5.12. The monoisotopic (exact) mass is 463 g/mol. The van der Waals surface area contributed by atoms with E-state index in [4.69, 9.17) is 4.74 Å². The summed E-state index contributed by atoms with van der Waals surface area (Å²) in [7, 11) is 1.87. The maximum Gasteiger partial charge on any atom is 1.00 e. The molecule has 2 nitrogen and oxygen atoms in total. The maximum atomic E-state index is 13.1. The summed E-state index contributed by atoms with van der Waals surface area (Å²) in [6.45, 7) is -1.66. The average Bonchev–Trinajstić information content (AvgIpc) is 2.78. The van der Waals surface area contributed by atoms with Gasteiger partial charge < -0.3 is 23.0 Å². The van der Waals surface area contributed by atoms with E-state index >= 15 is 0 Å². The summed E-state index contributed by atoms with van der Waals surface area (Å²) in [5.74, 6) is 0.756. The van der Waals surface area contributed by atoms with Crippen molar-refractivity contribution < 1.29 is 69.1 Å². The number of halogens is 3. The third kappa shape index (κ3) is 7.07. The molecule has 0 aliphatic heterocycles. The zero-order chi connectivity index (χ0) is 22.3. The van der Waals surface area contributed by atoms with Gasteiger partial charge in [-0.3, -0.25) is 0 Å². The van der Waals surface area contributed by atoms with Gasteiger partial charge in [0.25, 0.3) is 0 Å². The molecule has 0 unspecified atom stereocenters. The zero-order valence-corrected chi connectivity index (χ0v) is 21.9. The molecule has 0 heterocycles. The molecule has 0 aromatic heterocycles. The van der Waals surface area contributed by atoms with Gasteiger partial charge in [-0.1, -0.05) is 73.7 Å². The number of hydrogen-bond acceptors (Lipinski definition) is 2. The Morgan fingerprint density at radius 1 is 0.812 bits per heavy atom. The van der Waals surface area contributed by atoms with E-state index in [2.05, 4.69) is 12.2 Å². The van der Waals surface area contributed by atoms with Crippen LogP contribution in [-0.4, -0.2) is 27.2 Å². The fourth-order valence-electron chi connectivity index (χ4n) is 3.54. The van der Waals surface area contributed by atoms with Crippen molar-refractivity contribution >= 4 is 23.6 Å². The predicted octanol–water partition coefficient (Wildman–Crippen LogP) is 2.71. The standard InChI is InChI=1S/C25H26BF3NO.K/c1-3-24(19-7-5-4-6-8-19)25(20-9-13-22(14-10-20)26(27,28)29)21-11-15-23(16-12-21)31-18-17-30-2;/h4-16,30H,3,17-18H2,1-2H3;/q-1;+1. The Morgan fingerprint density at radius 3 is 1.88 bits per heavy atom. The Hall–Kier alpha value is -1.35. The van der Waals surface area contributed by atoms with Gasteiger partial charge in [-0.05, 0) is 53.4 Å². The Morgan fingerprint density at radius 2 is 1.38 bits per heavy atom. The van der Waals surface area contributed by atoms with E-state index in [0.29, 0.717) is 6.61 Å². The van der Waals surface area contributed by atoms with Crippen LogP contribution >= 0.6 is 0 Å². The Kier molecular flexibility index (Phi) is 10.7. The van der Waals surface area contributed by atoms with Gasteiger partial charge in [-0.2, -0.15) is 0 Å². The fraction of sp³-hybridized carbons (Fsp3) is 0.200. The van der Waals surface area contributed by atoms with Crippen LogP contribution < -0.4 is 66.9 Å². The van der Waals surface area contributed by atoms with Crippen molar-refractivity contribution in [3.63, 3.8) is 0 Å². The minimum absolute atomic E-state index is 0. The molecule has 3 aromatic rings. The fourth-order valence-corrected chi connectivity index (χ4v) is 3.54. The summed E-state index contributed by atoms with van der Waals surface area (Å²) >= 11 is 0. The number of nitrogens with one attached hydrogen (secondary N) is 1. The second-order valence-electron chi connectivity index (χ2n) is 7.25. The van der Waals surface area contributed by atoms with E-state index < -0.39 is 12.4 Å². The summed E-state index contributed by atoms with van der Waals surface area (Å²) in [5.41, 5.74) is 4.17. The molecule has 0 spiro atoms. The summed E-state index contributed by atoms with van der Waals surface area (Å²) in [6, 6.07) is 23.1. The first-order chi connectivity index (χ1) is 14.9. The van der Waals surface area contributed by atoms with Crippen molar-refractivity contribution in [2.75, 3.05) is 20.2 Å². The molecule has 0 radical (unpaired) electrons. The molecule has 0 saturated carbocycles. The van der Waals surface area contributed by atoms with Crippen LogP contribution in [0, 0.1) is 0 Å². The molecule has 0 amide bonds. The van der Waals surface area contributed by atoms with Crippen LogP contribution in [-0.2, 0) is 0 Å². The molecule has 0 aliphatic rings. The molecular weight excluding hydrogens is 437 g/mol. The van der Waals surface area contributed by atoms with Crippen LogP contribution in [0.5, 0.6) is 5.75 Å². The predicted molar refractivity (Wildman–Crippen MR) is 124 cm³/mol. The minimum Gasteiger partial charge on any atom is -0.492 e. The van der Waals surface area contributed by atoms with Crippen LogP contribution in [0.3, 0.4) is 0 Å².